The summed E-state index contributed by atoms with van der Waals surface area (Å²) in [6.07, 6.45) is 4.28. The number of rotatable bonds is 10. The summed E-state index contributed by atoms with van der Waals surface area (Å²) in [6, 6.07) is 8.51. The van der Waals surface area contributed by atoms with Crippen LogP contribution >= 0.6 is 24.0 Å². The van der Waals surface area contributed by atoms with Crippen LogP contribution in [0.4, 0.5) is 5.69 Å². The first-order valence-corrected chi connectivity index (χ1v) is 11.2. The molecular weight excluding hydrogens is 489 g/mol. The Balaban J connectivity index is 0.00000450. The summed E-state index contributed by atoms with van der Waals surface area (Å²) in [4.78, 5) is 21.7. The van der Waals surface area contributed by atoms with Crippen molar-refractivity contribution in [2.24, 2.45) is 4.99 Å². The smallest absolute Gasteiger partial charge is 0.248 e. The van der Waals surface area contributed by atoms with Crippen LogP contribution in [0.25, 0.3) is 0 Å². The van der Waals surface area contributed by atoms with E-state index in [0.29, 0.717) is 6.04 Å². The molecule has 0 saturated heterocycles. The van der Waals surface area contributed by atoms with Crippen molar-refractivity contribution in [3.63, 3.8) is 0 Å². The molecule has 1 aromatic rings. The number of benzene rings is 1. The van der Waals surface area contributed by atoms with Crippen LogP contribution in [0.3, 0.4) is 0 Å². The predicted octanol–water partition coefficient (Wildman–Crippen LogP) is 3.65. The molecule has 1 aromatic carbocycles. The molecule has 6 nitrogen and oxygen atoms in total. The molecule has 1 atom stereocenters. The van der Waals surface area contributed by atoms with Gasteiger partial charge in [0.05, 0.1) is 0 Å². The van der Waals surface area contributed by atoms with E-state index in [0.717, 1.165) is 70.1 Å². The van der Waals surface area contributed by atoms with Crippen molar-refractivity contribution in [1.82, 2.24) is 15.5 Å². The molecule has 1 unspecified atom stereocenters. The van der Waals surface area contributed by atoms with E-state index in [1.807, 2.05) is 30.0 Å². The number of halogens is 1. The molecule has 0 saturated carbocycles. The number of hydrogen-bond donors (Lipinski definition) is 2. The minimum Gasteiger partial charge on any atom is -0.357 e. The topological polar surface area (TPSA) is 60.0 Å². The number of aliphatic imine (C=N–C) groups is 1. The molecule has 0 bridgehead atoms. The van der Waals surface area contributed by atoms with Gasteiger partial charge in [-0.2, -0.15) is 0 Å². The van der Waals surface area contributed by atoms with Gasteiger partial charge in [0.2, 0.25) is 5.91 Å². The van der Waals surface area contributed by atoms with E-state index in [1.54, 1.807) is 0 Å². The maximum Gasteiger partial charge on any atom is 0.248 e. The number of anilines is 1. The second-order valence-corrected chi connectivity index (χ2v) is 7.69. The Hall–Kier alpha value is -1.35. The van der Waals surface area contributed by atoms with Gasteiger partial charge < -0.3 is 20.4 Å². The highest BCUT2D eigenvalue weighted by molar-refractivity contribution is 14.0. The molecule has 0 radical (unpaired) electrons. The molecule has 2 N–H and O–H groups in total. The van der Waals surface area contributed by atoms with E-state index in [9.17, 15) is 4.79 Å². The molecule has 2 rings (SSSR count). The van der Waals surface area contributed by atoms with Crippen LogP contribution in [0.5, 0.6) is 0 Å². The third kappa shape index (κ3) is 8.41. The van der Waals surface area contributed by atoms with E-state index in [-0.39, 0.29) is 36.4 Å². The number of carbonyl (C=O) groups excluding carboxylic acids is 1. The van der Waals surface area contributed by atoms with Crippen molar-refractivity contribution < 1.29 is 4.79 Å². The van der Waals surface area contributed by atoms with Gasteiger partial charge in [-0.05, 0) is 70.8 Å². The zero-order valence-corrected chi connectivity index (χ0v) is 21.4. The van der Waals surface area contributed by atoms with Crippen LogP contribution in [0.2, 0.25) is 0 Å². The van der Waals surface area contributed by atoms with Gasteiger partial charge in [-0.25, -0.2) is 4.99 Å². The predicted molar refractivity (Wildman–Crippen MR) is 138 cm³/mol. The monoisotopic (exact) mass is 529 g/mol. The molecule has 7 heteroatoms. The van der Waals surface area contributed by atoms with Gasteiger partial charge in [-0.3, -0.25) is 4.79 Å². The highest BCUT2D eigenvalue weighted by Gasteiger charge is 2.21. The largest absolute Gasteiger partial charge is 0.357 e. The minimum absolute atomic E-state index is 0. The Kier molecular flexibility index (Phi) is 13.0. The molecule has 1 amide bonds. The van der Waals surface area contributed by atoms with Crippen LogP contribution in [0.1, 0.15) is 52.5 Å². The van der Waals surface area contributed by atoms with Crippen molar-refractivity contribution >= 4 is 41.5 Å². The fraction of sp³-hybridized carbons (Fsp3) is 0.652. The van der Waals surface area contributed by atoms with Crippen molar-refractivity contribution in [2.45, 2.75) is 59.4 Å². The summed E-state index contributed by atoms with van der Waals surface area (Å²) in [5, 5.41) is 6.72. The summed E-state index contributed by atoms with van der Waals surface area (Å²) in [6.45, 7) is 13.7. The fourth-order valence-corrected chi connectivity index (χ4v) is 3.81. The van der Waals surface area contributed by atoms with Crippen LogP contribution in [0.15, 0.2) is 29.3 Å². The second kappa shape index (κ2) is 14.6. The first-order valence-electron chi connectivity index (χ1n) is 11.2. The average molecular weight is 530 g/mol. The Morgan fingerprint density at radius 2 is 1.97 bits per heavy atom. The number of amides is 1. The quantitative estimate of drug-likeness (QED) is 0.276. The zero-order chi connectivity index (χ0) is 21.1. The lowest BCUT2D eigenvalue weighted by Crippen LogP contribution is -2.43. The van der Waals surface area contributed by atoms with Crippen LogP contribution in [-0.4, -0.2) is 62.1 Å². The first-order chi connectivity index (χ1) is 14.1. The summed E-state index contributed by atoms with van der Waals surface area (Å²) < 4.78 is 0. The van der Waals surface area contributed by atoms with Gasteiger partial charge in [-0.15, -0.1) is 24.0 Å². The summed E-state index contributed by atoms with van der Waals surface area (Å²) in [7, 11) is 0. The number of carbonyl (C=O) groups is 1. The first kappa shape index (κ1) is 26.7. The lowest BCUT2D eigenvalue weighted by Gasteiger charge is -2.29. The standard InChI is InChI=1S/C23H39N5O.HI/c1-5-24-23(26-19(4)12-10-16-27(6-2)7-3)25-18-22(29)28-17-11-14-20-13-8-9-15-21(20)28;/h8-9,13,15,19H,5-7,10-12,14,16-18H2,1-4H3,(H2,24,25,26);1H. The third-order valence-corrected chi connectivity index (χ3v) is 5.52. The third-order valence-electron chi connectivity index (χ3n) is 5.52. The Morgan fingerprint density at radius 1 is 1.23 bits per heavy atom. The number of hydrogen-bond acceptors (Lipinski definition) is 3. The molecule has 30 heavy (non-hydrogen) atoms. The van der Waals surface area contributed by atoms with E-state index in [1.165, 1.54) is 5.56 Å². The van der Waals surface area contributed by atoms with Crippen molar-refractivity contribution in [1.29, 1.82) is 0 Å². The SMILES string of the molecule is CCNC(=NCC(=O)N1CCCc2ccccc21)NC(C)CCCN(CC)CC.I. The summed E-state index contributed by atoms with van der Waals surface area (Å²) in [5.74, 6) is 0.782. The van der Waals surface area contributed by atoms with Gasteiger partial charge in [0.1, 0.15) is 6.54 Å². The highest BCUT2D eigenvalue weighted by atomic mass is 127. The van der Waals surface area contributed by atoms with Crippen molar-refractivity contribution in [3.8, 4) is 0 Å². The van der Waals surface area contributed by atoms with Gasteiger partial charge in [0, 0.05) is 24.8 Å². The van der Waals surface area contributed by atoms with Gasteiger partial charge in [0.15, 0.2) is 5.96 Å². The zero-order valence-electron chi connectivity index (χ0n) is 19.1. The van der Waals surface area contributed by atoms with E-state index < -0.39 is 0 Å². The summed E-state index contributed by atoms with van der Waals surface area (Å²) in [5.41, 5.74) is 2.30. The van der Waals surface area contributed by atoms with E-state index in [2.05, 4.69) is 47.4 Å². The molecular formula is C23H40IN5O. The highest BCUT2D eigenvalue weighted by Crippen LogP contribution is 2.26. The number of nitrogens with one attached hydrogen (secondary N) is 2. The van der Waals surface area contributed by atoms with Gasteiger partial charge in [0.25, 0.3) is 0 Å². The Bertz CT molecular complexity index is 663. The maximum absolute atomic E-state index is 12.8. The Morgan fingerprint density at radius 3 is 2.67 bits per heavy atom. The minimum atomic E-state index is 0. The molecule has 0 fully saturated rings. The number of fused-ring (bicyclic) bond motifs is 1. The molecule has 0 spiro atoms. The number of para-hydroxylation sites is 1. The molecule has 1 heterocycles. The molecule has 170 valence electrons. The normalized spacial score (nSPS) is 14.7. The summed E-state index contributed by atoms with van der Waals surface area (Å²) >= 11 is 0. The van der Waals surface area contributed by atoms with E-state index in [4.69, 9.17) is 0 Å². The molecule has 1 aliphatic heterocycles. The van der Waals surface area contributed by atoms with Crippen molar-refractivity contribution in [2.75, 3.05) is 44.2 Å². The van der Waals surface area contributed by atoms with Gasteiger partial charge >= 0.3 is 0 Å². The fourth-order valence-electron chi connectivity index (χ4n) is 3.81. The second-order valence-electron chi connectivity index (χ2n) is 7.69. The number of aryl methyl sites for hydroxylation is 1. The molecule has 0 aromatic heterocycles. The van der Waals surface area contributed by atoms with Crippen LogP contribution in [0, 0.1) is 0 Å². The number of guanidine groups is 1. The number of nitrogens with zero attached hydrogens (tertiary/aromatic N) is 3. The van der Waals surface area contributed by atoms with Crippen molar-refractivity contribution in [3.05, 3.63) is 29.8 Å². The van der Waals surface area contributed by atoms with Crippen LogP contribution < -0.4 is 15.5 Å². The van der Waals surface area contributed by atoms with Crippen LogP contribution in [-0.2, 0) is 11.2 Å². The van der Waals surface area contributed by atoms with Gasteiger partial charge in [-0.1, -0.05) is 32.0 Å². The lowest BCUT2D eigenvalue weighted by atomic mass is 10.0. The Labute approximate surface area is 199 Å². The molecule has 0 aliphatic carbocycles. The molecule has 1 aliphatic rings. The van der Waals surface area contributed by atoms with E-state index >= 15 is 0 Å². The lowest BCUT2D eigenvalue weighted by molar-refractivity contribution is -0.117. The maximum atomic E-state index is 12.8. The average Bonchev–Trinajstić information content (AvgIpc) is 2.74.